The van der Waals surface area contributed by atoms with Crippen LogP contribution in [0.2, 0.25) is 0 Å². The Morgan fingerprint density at radius 2 is 1.59 bits per heavy atom. The molecule has 29 heavy (non-hydrogen) atoms. The van der Waals surface area contributed by atoms with Crippen molar-refractivity contribution in [2.45, 2.75) is 32.7 Å². The van der Waals surface area contributed by atoms with E-state index >= 15 is 0 Å². The van der Waals surface area contributed by atoms with Gasteiger partial charge >= 0.3 is 0 Å². The Labute approximate surface area is 169 Å². The first kappa shape index (κ1) is 18.8. The third-order valence-electron chi connectivity index (χ3n) is 5.00. The Kier molecular flexibility index (Phi) is 5.33. The number of rotatable bonds is 6. The average molecular weight is 385 g/mol. The molecule has 0 unspecified atom stereocenters. The zero-order valence-corrected chi connectivity index (χ0v) is 16.5. The number of amides is 1. The van der Waals surface area contributed by atoms with Gasteiger partial charge in [0.05, 0.1) is 6.54 Å². The molecule has 6 nitrogen and oxygen atoms in total. The molecule has 0 aliphatic rings. The number of benzene rings is 2. The van der Waals surface area contributed by atoms with Crippen LogP contribution in [-0.2, 0) is 11.3 Å². The minimum atomic E-state index is -0.0304. The summed E-state index contributed by atoms with van der Waals surface area (Å²) in [7, 11) is 0. The smallest absolute Gasteiger partial charge is 0.255 e. The fraction of sp³-hybridized carbons (Fsp3) is 0.217. The molecule has 0 bridgehead atoms. The third-order valence-corrected chi connectivity index (χ3v) is 5.00. The van der Waals surface area contributed by atoms with Crippen LogP contribution in [0.25, 0.3) is 5.78 Å². The van der Waals surface area contributed by atoms with E-state index in [4.69, 9.17) is 0 Å². The highest BCUT2D eigenvalue weighted by Crippen LogP contribution is 2.27. The lowest BCUT2D eigenvalue weighted by Gasteiger charge is -2.18. The number of aryl methyl sites for hydroxylation is 2. The van der Waals surface area contributed by atoms with Crippen LogP contribution in [0.1, 0.15) is 40.7 Å². The van der Waals surface area contributed by atoms with Crippen molar-refractivity contribution in [3.05, 3.63) is 95.1 Å². The highest BCUT2D eigenvalue weighted by molar-refractivity contribution is 5.77. The van der Waals surface area contributed by atoms with E-state index in [2.05, 4.69) is 44.8 Å². The maximum Gasteiger partial charge on any atom is 0.255 e. The van der Waals surface area contributed by atoms with Gasteiger partial charge < -0.3 is 5.32 Å². The number of carbonyl (C=O) groups is 1. The van der Waals surface area contributed by atoms with Crippen molar-refractivity contribution in [3.63, 3.8) is 0 Å². The van der Waals surface area contributed by atoms with Crippen molar-refractivity contribution in [2.75, 3.05) is 0 Å². The topological polar surface area (TPSA) is 72.2 Å². The predicted octanol–water partition coefficient (Wildman–Crippen LogP) is 3.58. The minimum absolute atomic E-state index is 0.00130. The molecular formula is C23H23N5O. The van der Waals surface area contributed by atoms with Gasteiger partial charge in [-0.25, -0.2) is 4.98 Å². The minimum Gasteiger partial charge on any atom is -0.349 e. The van der Waals surface area contributed by atoms with Gasteiger partial charge in [-0.2, -0.15) is 0 Å². The summed E-state index contributed by atoms with van der Waals surface area (Å²) in [5, 5.41) is 11.3. The molecule has 0 radical (unpaired) electrons. The molecule has 0 fully saturated rings. The molecule has 2 aromatic heterocycles. The van der Waals surface area contributed by atoms with Crippen LogP contribution in [0.5, 0.6) is 0 Å². The summed E-state index contributed by atoms with van der Waals surface area (Å²) in [5.74, 6) is 1.20. The van der Waals surface area contributed by atoms with Gasteiger partial charge in [0.2, 0.25) is 5.91 Å². The summed E-state index contributed by atoms with van der Waals surface area (Å²) >= 11 is 0. The lowest BCUT2D eigenvalue weighted by Crippen LogP contribution is -2.26. The average Bonchev–Trinajstić information content (AvgIpc) is 3.15. The van der Waals surface area contributed by atoms with Gasteiger partial charge in [0, 0.05) is 23.7 Å². The zero-order valence-electron chi connectivity index (χ0n) is 16.5. The summed E-state index contributed by atoms with van der Waals surface area (Å²) < 4.78 is 1.87. The Morgan fingerprint density at radius 3 is 2.21 bits per heavy atom. The van der Waals surface area contributed by atoms with Gasteiger partial charge in [0.1, 0.15) is 0 Å². The molecule has 4 rings (SSSR count). The van der Waals surface area contributed by atoms with Crippen LogP contribution in [0.15, 0.2) is 66.7 Å². The molecular weight excluding hydrogens is 362 g/mol. The number of carbonyl (C=O) groups excluding carboxylic acids is 1. The Morgan fingerprint density at radius 1 is 0.966 bits per heavy atom. The number of hydrogen-bond acceptors (Lipinski definition) is 4. The van der Waals surface area contributed by atoms with E-state index in [1.165, 1.54) is 0 Å². The monoisotopic (exact) mass is 385 g/mol. The normalized spacial score (nSPS) is 11.1. The number of nitrogens with zero attached hydrogens (tertiary/aromatic N) is 4. The molecule has 0 saturated heterocycles. The molecule has 146 valence electrons. The molecule has 1 N–H and O–H groups in total. The maximum atomic E-state index is 12.8. The number of hydrogen-bond donors (Lipinski definition) is 1. The van der Waals surface area contributed by atoms with Crippen LogP contribution in [0, 0.1) is 13.8 Å². The molecule has 4 aromatic rings. The van der Waals surface area contributed by atoms with Crippen LogP contribution < -0.4 is 5.32 Å². The SMILES string of the molecule is Cc1cc(C)n2c(CNC(=O)CC(c3ccccc3)c3ccccc3)nnc2n1. The first-order valence-corrected chi connectivity index (χ1v) is 9.66. The largest absolute Gasteiger partial charge is 0.349 e. The molecule has 6 heteroatoms. The van der Waals surface area contributed by atoms with E-state index in [1.807, 2.05) is 60.7 Å². The van der Waals surface area contributed by atoms with E-state index < -0.39 is 0 Å². The summed E-state index contributed by atoms with van der Waals surface area (Å²) in [6, 6.07) is 22.2. The van der Waals surface area contributed by atoms with Crippen LogP contribution in [0.4, 0.5) is 0 Å². The summed E-state index contributed by atoms with van der Waals surface area (Å²) in [5.41, 5.74) is 4.13. The van der Waals surface area contributed by atoms with E-state index in [0.29, 0.717) is 24.6 Å². The second kappa shape index (κ2) is 8.22. The predicted molar refractivity (Wildman–Crippen MR) is 111 cm³/mol. The van der Waals surface area contributed by atoms with Gasteiger partial charge in [-0.3, -0.25) is 9.20 Å². The number of nitrogens with one attached hydrogen (secondary N) is 1. The molecule has 2 aromatic carbocycles. The fourth-order valence-electron chi connectivity index (χ4n) is 3.65. The quantitative estimate of drug-likeness (QED) is 0.551. The van der Waals surface area contributed by atoms with Gasteiger partial charge in [0.15, 0.2) is 5.82 Å². The van der Waals surface area contributed by atoms with Gasteiger partial charge in [-0.05, 0) is 31.0 Å². The van der Waals surface area contributed by atoms with Crippen molar-refractivity contribution in [1.29, 1.82) is 0 Å². The molecule has 1 amide bonds. The zero-order chi connectivity index (χ0) is 20.2. The van der Waals surface area contributed by atoms with E-state index in [-0.39, 0.29) is 11.8 Å². The second-order valence-corrected chi connectivity index (χ2v) is 7.15. The molecule has 0 atom stereocenters. The van der Waals surface area contributed by atoms with E-state index in [1.54, 1.807) is 0 Å². The highest BCUT2D eigenvalue weighted by atomic mass is 16.1. The van der Waals surface area contributed by atoms with Crippen molar-refractivity contribution >= 4 is 11.7 Å². The lowest BCUT2D eigenvalue weighted by atomic mass is 9.88. The Bertz CT molecular complexity index is 1080. The third kappa shape index (κ3) is 4.16. The summed E-state index contributed by atoms with van der Waals surface area (Å²) in [6.45, 7) is 4.22. The van der Waals surface area contributed by atoms with Crippen molar-refractivity contribution in [1.82, 2.24) is 24.9 Å². The Balaban J connectivity index is 1.51. The molecule has 0 spiro atoms. The first-order chi connectivity index (χ1) is 14.1. The van der Waals surface area contributed by atoms with Crippen LogP contribution in [0.3, 0.4) is 0 Å². The summed E-state index contributed by atoms with van der Waals surface area (Å²) in [4.78, 5) is 17.2. The van der Waals surface area contributed by atoms with E-state index in [0.717, 1.165) is 22.5 Å². The molecule has 2 heterocycles. The fourth-order valence-corrected chi connectivity index (χ4v) is 3.65. The number of aromatic nitrogens is 4. The van der Waals surface area contributed by atoms with Gasteiger partial charge in [-0.15, -0.1) is 10.2 Å². The molecule has 0 aliphatic carbocycles. The van der Waals surface area contributed by atoms with Crippen LogP contribution in [-0.4, -0.2) is 25.5 Å². The molecule has 0 saturated carbocycles. The van der Waals surface area contributed by atoms with Crippen molar-refractivity contribution in [2.24, 2.45) is 0 Å². The second-order valence-electron chi connectivity index (χ2n) is 7.15. The summed E-state index contributed by atoms with van der Waals surface area (Å²) in [6.07, 6.45) is 0.362. The van der Waals surface area contributed by atoms with E-state index in [9.17, 15) is 4.79 Å². The maximum absolute atomic E-state index is 12.8. The van der Waals surface area contributed by atoms with Gasteiger partial charge in [-0.1, -0.05) is 60.7 Å². The lowest BCUT2D eigenvalue weighted by molar-refractivity contribution is -0.121. The Hall–Kier alpha value is -3.54. The van der Waals surface area contributed by atoms with Crippen molar-refractivity contribution < 1.29 is 4.79 Å². The van der Waals surface area contributed by atoms with Crippen molar-refractivity contribution in [3.8, 4) is 0 Å². The number of fused-ring (bicyclic) bond motifs is 1. The molecule has 0 aliphatic heterocycles. The van der Waals surface area contributed by atoms with Gasteiger partial charge in [0.25, 0.3) is 5.78 Å². The highest BCUT2D eigenvalue weighted by Gasteiger charge is 2.18. The standard InChI is InChI=1S/C23H23N5O/c1-16-13-17(2)28-21(26-27-23(28)25-16)15-24-22(29)14-20(18-9-5-3-6-10-18)19-11-7-4-8-12-19/h3-13,20H,14-15H2,1-2H3,(H,24,29). The first-order valence-electron chi connectivity index (χ1n) is 9.66. The van der Waals surface area contributed by atoms with Crippen LogP contribution >= 0.6 is 0 Å².